The van der Waals surface area contributed by atoms with Crippen LogP contribution in [-0.2, 0) is 13.8 Å². The molecule has 0 bridgehead atoms. The lowest BCUT2D eigenvalue weighted by Crippen LogP contribution is -2.25. The van der Waals surface area contributed by atoms with Gasteiger partial charge < -0.3 is 14.4 Å². The second-order valence-electron chi connectivity index (χ2n) is 4.94. The molecule has 0 N–H and O–H groups in total. The fourth-order valence-corrected chi connectivity index (χ4v) is 4.02. The third-order valence-corrected chi connectivity index (χ3v) is 4.93. The number of hydrogen-bond acceptors (Lipinski definition) is 5. The highest BCUT2D eigenvalue weighted by Gasteiger charge is 2.34. The lowest BCUT2D eigenvalue weighted by atomic mass is 10.1. The maximum atomic E-state index is 12.2. The van der Waals surface area contributed by atoms with E-state index in [1.807, 2.05) is 0 Å². The van der Waals surface area contributed by atoms with E-state index in [0.29, 0.717) is 22.2 Å². The second-order valence-corrected chi connectivity index (χ2v) is 8.17. The summed E-state index contributed by atoms with van der Waals surface area (Å²) in [7, 11) is 4.54. The predicted octanol–water partition coefficient (Wildman–Crippen LogP) is 2.28. The van der Waals surface area contributed by atoms with Crippen molar-refractivity contribution in [2.75, 3.05) is 31.4 Å². The van der Waals surface area contributed by atoms with Crippen LogP contribution in [0, 0.1) is 5.92 Å². The highest BCUT2D eigenvalue weighted by molar-refractivity contribution is 8.13. The van der Waals surface area contributed by atoms with Gasteiger partial charge in [0.15, 0.2) is 0 Å². The minimum absolute atomic E-state index is 0.110. The standard InChI is InChI=1S/C13H15Cl2NO5S/c1-20-11-5-12(21-2)10(4-9(11)14)16-6-8(3-13(16)17)7-22(15,18)19/h4-5,8H,3,6-7H2,1-2H3. The summed E-state index contributed by atoms with van der Waals surface area (Å²) in [4.78, 5) is 13.6. The zero-order valence-electron chi connectivity index (χ0n) is 12.0. The number of halogens is 2. The number of nitrogens with zero attached hydrogens (tertiary/aromatic N) is 1. The van der Waals surface area contributed by atoms with Crippen molar-refractivity contribution in [1.29, 1.82) is 0 Å². The van der Waals surface area contributed by atoms with Crippen molar-refractivity contribution in [1.82, 2.24) is 0 Å². The average Bonchev–Trinajstić information content (AvgIpc) is 2.76. The van der Waals surface area contributed by atoms with Crippen LogP contribution in [0.2, 0.25) is 5.02 Å². The van der Waals surface area contributed by atoms with Gasteiger partial charge >= 0.3 is 0 Å². The van der Waals surface area contributed by atoms with Crippen LogP contribution in [-0.4, -0.2) is 40.8 Å². The number of hydrogen-bond donors (Lipinski definition) is 0. The first-order valence-corrected chi connectivity index (χ1v) is 9.25. The Morgan fingerprint density at radius 2 is 1.91 bits per heavy atom. The van der Waals surface area contributed by atoms with Crippen molar-refractivity contribution in [3.63, 3.8) is 0 Å². The maximum Gasteiger partial charge on any atom is 0.232 e. The highest BCUT2D eigenvalue weighted by atomic mass is 35.7. The van der Waals surface area contributed by atoms with E-state index in [1.165, 1.54) is 19.1 Å². The molecule has 1 fully saturated rings. The van der Waals surface area contributed by atoms with Crippen LogP contribution in [0.3, 0.4) is 0 Å². The van der Waals surface area contributed by atoms with Gasteiger partial charge in [-0.25, -0.2) is 8.42 Å². The van der Waals surface area contributed by atoms with Crippen molar-refractivity contribution in [2.45, 2.75) is 6.42 Å². The summed E-state index contributed by atoms with van der Waals surface area (Å²) in [6, 6.07) is 3.14. The first kappa shape index (κ1) is 17.2. The molecule has 1 amide bonds. The van der Waals surface area contributed by atoms with Crippen LogP contribution in [0.15, 0.2) is 12.1 Å². The van der Waals surface area contributed by atoms with Gasteiger partial charge in [0.25, 0.3) is 0 Å². The Kier molecular flexibility index (Phi) is 5.09. The summed E-state index contributed by atoms with van der Waals surface area (Å²) in [5.74, 6) is 0.0337. The lowest BCUT2D eigenvalue weighted by Gasteiger charge is -2.20. The van der Waals surface area contributed by atoms with E-state index in [1.54, 1.807) is 12.1 Å². The van der Waals surface area contributed by atoms with Crippen LogP contribution in [0.25, 0.3) is 0 Å². The molecule has 122 valence electrons. The Morgan fingerprint density at radius 1 is 1.27 bits per heavy atom. The van der Waals surface area contributed by atoms with Crippen molar-refractivity contribution in [3.8, 4) is 11.5 Å². The molecule has 1 aromatic carbocycles. The Morgan fingerprint density at radius 3 is 2.45 bits per heavy atom. The van der Waals surface area contributed by atoms with E-state index in [2.05, 4.69) is 0 Å². The molecule has 22 heavy (non-hydrogen) atoms. The van der Waals surface area contributed by atoms with Crippen molar-refractivity contribution in [3.05, 3.63) is 17.2 Å². The number of amides is 1. The summed E-state index contributed by atoms with van der Waals surface area (Å²) < 4.78 is 32.7. The van der Waals surface area contributed by atoms with Gasteiger partial charge in [-0.05, 0) is 6.07 Å². The third-order valence-electron chi connectivity index (χ3n) is 3.38. The molecule has 1 aromatic rings. The Balaban J connectivity index is 2.32. The Labute approximate surface area is 138 Å². The molecule has 1 saturated heterocycles. The minimum Gasteiger partial charge on any atom is -0.495 e. The second kappa shape index (κ2) is 6.52. The van der Waals surface area contributed by atoms with Crippen molar-refractivity contribution < 1.29 is 22.7 Å². The average molecular weight is 368 g/mol. The molecular formula is C13H15Cl2NO5S. The summed E-state index contributed by atoms with van der Waals surface area (Å²) >= 11 is 6.09. The topological polar surface area (TPSA) is 72.9 Å². The van der Waals surface area contributed by atoms with E-state index in [-0.39, 0.29) is 30.5 Å². The zero-order valence-corrected chi connectivity index (χ0v) is 14.3. The van der Waals surface area contributed by atoms with Gasteiger partial charge in [0.1, 0.15) is 11.5 Å². The molecular weight excluding hydrogens is 353 g/mol. The number of anilines is 1. The molecule has 6 nitrogen and oxygen atoms in total. The smallest absolute Gasteiger partial charge is 0.232 e. The van der Waals surface area contributed by atoms with Gasteiger partial charge in [0.05, 0.1) is 30.7 Å². The number of rotatable bonds is 5. The highest BCUT2D eigenvalue weighted by Crippen LogP contribution is 2.40. The minimum atomic E-state index is -3.66. The van der Waals surface area contributed by atoms with Gasteiger partial charge in [-0.2, -0.15) is 0 Å². The normalized spacial score (nSPS) is 18.6. The summed E-state index contributed by atoms with van der Waals surface area (Å²) in [6.45, 7) is 0.240. The largest absolute Gasteiger partial charge is 0.495 e. The number of carbonyl (C=O) groups is 1. The van der Waals surface area contributed by atoms with E-state index < -0.39 is 9.05 Å². The van der Waals surface area contributed by atoms with Gasteiger partial charge in [-0.15, -0.1) is 0 Å². The van der Waals surface area contributed by atoms with Crippen molar-refractivity contribution in [2.24, 2.45) is 5.92 Å². The molecule has 2 rings (SSSR count). The molecule has 1 aliphatic rings. The fourth-order valence-electron chi connectivity index (χ4n) is 2.46. The maximum absolute atomic E-state index is 12.2. The molecule has 0 aliphatic carbocycles. The summed E-state index contributed by atoms with van der Waals surface area (Å²) in [6.07, 6.45) is 0.110. The predicted molar refractivity (Wildman–Crippen MR) is 84.7 cm³/mol. The van der Waals surface area contributed by atoms with Gasteiger partial charge in [0, 0.05) is 35.6 Å². The van der Waals surface area contributed by atoms with Crippen LogP contribution < -0.4 is 14.4 Å². The first-order valence-electron chi connectivity index (χ1n) is 6.39. The van der Waals surface area contributed by atoms with Gasteiger partial charge in [0.2, 0.25) is 15.0 Å². The SMILES string of the molecule is COc1cc(OC)c(N2CC(CS(=O)(=O)Cl)CC2=O)cc1Cl. The number of methoxy groups -OCH3 is 2. The van der Waals surface area contributed by atoms with E-state index in [4.69, 9.17) is 31.8 Å². The molecule has 1 aliphatic heterocycles. The Bertz CT molecular complexity index is 692. The van der Waals surface area contributed by atoms with E-state index in [9.17, 15) is 13.2 Å². The quantitative estimate of drug-likeness (QED) is 0.746. The van der Waals surface area contributed by atoms with Crippen LogP contribution >= 0.6 is 22.3 Å². The molecule has 0 saturated carbocycles. The van der Waals surface area contributed by atoms with Crippen LogP contribution in [0.4, 0.5) is 5.69 Å². The van der Waals surface area contributed by atoms with Gasteiger partial charge in [-0.3, -0.25) is 4.79 Å². The molecule has 0 radical (unpaired) electrons. The third kappa shape index (κ3) is 3.77. The van der Waals surface area contributed by atoms with Crippen LogP contribution in [0.5, 0.6) is 11.5 Å². The molecule has 0 aromatic heterocycles. The number of benzene rings is 1. The van der Waals surface area contributed by atoms with Crippen LogP contribution in [0.1, 0.15) is 6.42 Å². The molecule has 1 heterocycles. The van der Waals surface area contributed by atoms with Gasteiger partial charge in [-0.1, -0.05) is 11.6 Å². The van der Waals surface area contributed by atoms with E-state index >= 15 is 0 Å². The molecule has 1 atom stereocenters. The monoisotopic (exact) mass is 367 g/mol. The van der Waals surface area contributed by atoms with E-state index in [0.717, 1.165) is 0 Å². The van der Waals surface area contributed by atoms with Crippen molar-refractivity contribution >= 4 is 42.9 Å². The fraction of sp³-hybridized carbons (Fsp3) is 0.462. The summed E-state index contributed by atoms with van der Waals surface area (Å²) in [5.41, 5.74) is 0.479. The molecule has 1 unspecified atom stereocenters. The Hall–Kier alpha value is -1.18. The number of carbonyl (C=O) groups excluding carboxylic acids is 1. The lowest BCUT2D eigenvalue weighted by molar-refractivity contribution is -0.117. The summed E-state index contributed by atoms with van der Waals surface area (Å²) in [5, 5.41) is 0.333. The molecule has 9 heteroatoms. The number of ether oxygens (including phenoxy) is 2. The first-order chi connectivity index (χ1) is 10.2. The molecule has 0 spiro atoms. The zero-order chi connectivity index (χ0) is 16.5.